The zero-order valence-corrected chi connectivity index (χ0v) is 16.2. The highest BCUT2D eigenvalue weighted by molar-refractivity contribution is 9.10. The molecule has 5 nitrogen and oxygen atoms in total. The van der Waals surface area contributed by atoms with Gasteiger partial charge in [0, 0.05) is 22.1 Å². The average molecular weight is 437 g/mol. The maximum absolute atomic E-state index is 14.2. The van der Waals surface area contributed by atoms with Gasteiger partial charge in [0.2, 0.25) is 0 Å². The van der Waals surface area contributed by atoms with E-state index in [0.29, 0.717) is 0 Å². The molecule has 2 rings (SSSR count). The number of rotatable bonds is 3. The van der Waals surface area contributed by atoms with Crippen LogP contribution in [0.1, 0.15) is 36.7 Å². The summed E-state index contributed by atoms with van der Waals surface area (Å²) in [5.41, 5.74) is -1.35. The second kappa shape index (κ2) is 7.85. The molecule has 26 heavy (non-hydrogen) atoms. The summed E-state index contributed by atoms with van der Waals surface area (Å²) < 4.78 is 46.5. The largest absolute Gasteiger partial charge is 0.444 e. The van der Waals surface area contributed by atoms with Crippen LogP contribution in [0.4, 0.5) is 18.0 Å². The number of ether oxygens (including phenoxy) is 1. The summed E-state index contributed by atoms with van der Waals surface area (Å²) >= 11 is 3.04. The third kappa shape index (κ3) is 4.90. The molecule has 0 aliphatic carbocycles. The van der Waals surface area contributed by atoms with Crippen molar-refractivity contribution in [2.24, 2.45) is 0 Å². The van der Waals surface area contributed by atoms with Crippen molar-refractivity contribution in [1.82, 2.24) is 10.2 Å². The van der Waals surface area contributed by atoms with Crippen LogP contribution in [0.5, 0.6) is 0 Å². The second-order valence-electron chi connectivity index (χ2n) is 7.03. The predicted molar refractivity (Wildman–Crippen MR) is 92.9 cm³/mol. The smallest absolute Gasteiger partial charge is 0.410 e. The molecule has 1 aromatic rings. The van der Waals surface area contributed by atoms with Crippen LogP contribution in [-0.4, -0.2) is 47.8 Å². The number of likely N-dealkylation sites (tertiary alicyclic amines) is 1. The monoisotopic (exact) mass is 436 g/mol. The van der Waals surface area contributed by atoms with Crippen LogP contribution in [0.15, 0.2) is 16.6 Å². The quantitative estimate of drug-likeness (QED) is 0.784. The van der Waals surface area contributed by atoms with Gasteiger partial charge in [-0.15, -0.1) is 0 Å². The van der Waals surface area contributed by atoms with Gasteiger partial charge in [-0.3, -0.25) is 4.79 Å². The van der Waals surface area contributed by atoms with Crippen molar-refractivity contribution in [3.63, 3.8) is 0 Å². The molecule has 0 saturated carbocycles. The summed E-state index contributed by atoms with van der Waals surface area (Å²) in [4.78, 5) is 25.5. The summed E-state index contributed by atoms with van der Waals surface area (Å²) in [6, 6.07) is 1.31. The van der Waals surface area contributed by atoms with Crippen molar-refractivity contribution in [1.29, 1.82) is 0 Å². The van der Waals surface area contributed by atoms with E-state index in [2.05, 4.69) is 21.2 Å². The number of nitrogens with zero attached hydrogens (tertiary/aromatic N) is 1. The summed E-state index contributed by atoms with van der Waals surface area (Å²) in [6.07, 6.45) is -2.20. The van der Waals surface area contributed by atoms with E-state index in [4.69, 9.17) is 4.74 Å². The number of alkyl halides is 2. The van der Waals surface area contributed by atoms with Gasteiger partial charge in [-0.25, -0.2) is 18.0 Å². The summed E-state index contributed by atoms with van der Waals surface area (Å²) in [6.45, 7) is 3.57. The molecule has 1 aliphatic rings. The van der Waals surface area contributed by atoms with Gasteiger partial charge >= 0.3 is 6.09 Å². The van der Waals surface area contributed by atoms with Crippen molar-refractivity contribution >= 4 is 27.9 Å². The Kier molecular flexibility index (Phi) is 6.21. The van der Waals surface area contributed by atoms with Crippen molar-refractivity contribution in [2.75, 3.05) is 13.1 Å². The van der Waals surface area contributed by atoms with Crippen LogP contribution in [0.2, 0.25) is 0 Å². The molecule has 1 fully saturated rings. The molecule has 9 heteroatoms. The molecule has 0 unspecified atom stereocenters. The van der Waals surface area contributed by atoms with Crippen LogP contribution in [0.3, 0.4) is 0 Å². The zero-order valence-electron chi connectivity index (χ0n) is 14.6. The predicted octanol–water partition coefficient (Wildman–Crippen LogP) is 3.74. The fourth-order valence-electron chi connectivity index (χ4n) is 2.56. The number of carbonyl (C=O) groups is 2. The number of benzene rings is 1. The van der Waals surface area contributed by atoms with Gasteiger partial charge in [-0.1, -0.05) is 15.9 Å². The SMILES string of the molecule is CC(C)(C)OC(=O)N1C[C@H](F)[C@H](NC(=O)c2cc(Br)cc(F)c2CF)C1. The molecule has 1 N–H and O–H groups in total. The Hall–Kier alpha value is -1.77. The summed E-state index contributed by atoms with van der Waals surface area (Å²) in [7, 11) is 0. The van der Waals surface area contributed by atoms with Crippen LogP contribution in [0.25, 0.3) is 0 Å². The minimum atomic E-state index is -1.52. The molecule has 0 aromatic heterocycles. The number of hydrogen-bond donors (Lipinski definition) is 1. The van der Waals surface area contributed by atoms with Crippen LogP contribution in [-0.2, 0) is 11.4 Å². The molecule has 0 bridgehead atoms. The maximum Gasteiger partial charge on any atom is 0.410 e. The molecule has 1 saturated heterocycles. The third-order valence-corrected chi connectivity index (χ3v) is 4.21. The molecule has 144 valence electrons. The van der Waals surface area contributed by atoms with E-state index in [-0.39, 0.29) is 23.1 Å². The van der Waals surface area contributed by atoms with Crippen molar-refractivity contribution in [2.45, 2.75) is 45.3 Å². The average Bonchev–Trinajstić information content (AvgIpc) is 2.86. The van der Waals surface area contributed by atoms with Crippen molar-refractivity contribution in [3.8, 4) is 0 Å². The number of nitrogens with one attached hydrogen (secondary N) is 1. The normalized spacial score (nSPS) is 20.2. The lowest BCUT2D eigenvalue weighted by Crippen LogP contribution is -2.42. The lowest BCUT2D eigenvalue weighted by Gasteiger charge is -2.24. The van der Waals surface area contributed by atoms with Gasteiger partial charge in [0.25, 0.3) is 5.91 Å². The lowest BCUT2D eigenvalue weighted by molar-refractivity contribution is 0.0281. The fourth-order valence-corrected chi connectivity index (χ4v) is 2.99. The Labute approximate surface area is 158 Å². The van der Waals surface area contributed by atoms with Gasteiger partial charge in [-0.05, 0) is 32.9 Å². The number of halogens is 4. The molecular weight excluding hydrogens is 417 g/mol. The standard InChI is InChI=1S/C17H20BrF3N2O3/c1-17(2,3)26-16(25)23-7-13(21)14(8-23)22-15(24)10-4-9(18)5-12(20)11(10)6-19/h4-5,13-14H,6-8H2,1-3H3,(H,22,24)/t13-,14+/m0/s1. The van der Waals surface area contributed by atoms with Gasteiger partial charge in [0.1, 0.15) is 24.3 Å². The topological polar surface area (TPSA) is 58.6 Å². The van der Waals surface area contributed by atoms with Crippen LogP contribution in [0, 0.1) is 5.82 Å². The highest BCUT2D eigenvalue weighted by atomic mass is 79.9. The highest BCUT2D eigenvalue weighted by Crippen LogP contribution is 2.23. The van der Waals surface area contributed by atoms with Crippen LogP contribution >= 0.6 is 15.9 Å². The van der Waals surface area contributed by atoms with Gasteiger partial charge in [0.15, 0.2) is 0 Å². The first kappa shape index (κ1) is 20.5. The first-order chi connectivity index (χ1) is 12.0. The minimum absolute atomic E-state index is 0.0940. The molecule has 1 aromatic carbocycles. The van der Waals surface area contributed by atoms with Crippen molar-refractivity contribution < 1.29 is 27.5 Å². The molecule has 2 atom stereocenters. The first-order valence-corrected chi connectivity index (χ1v) is 8.78. The van der Waals surface area contributed by atoms with E-state index in [1.807, 2.05) is 0 Å². The Balaban J connectivity index is 2.10. The van der Waals surface area contributed by atoms with Gasteiger partial charge in [0.05, 0.1) is 12.6 Å². The fraction of sp³-hybridized carbons (Fsp3) is 0.529. The first-order valence-electron chi connectivity index (χ1n) is 7.98. The third-order valence-electron chi connectivity index (χ3n) is 3.76. The Morgan fingerprint density at radius 3 is 2.58 bits per heavy atom. The summed E-state index contributed by atoms with van der Waals surface area (Å²) in [5, 5.41) is 2.40. The van der Waals surface area contributed by atoms with E-state index in [9.17, 15) is 22.8 Å². The Morgan fingerprint density at radius 1 is 1.35 bits per heavy atom. The van der Waals surface area contributed by atoms with E-state index < -0.39 is 47.9 Å². The Morgan fingerprint density at radius 2 is 2.00 bits per heavy atom. The highest BCUT2D eigenvalue weighted by Gasteiger charge is 2.38. The molecule has 1 heterocycles. The van der Waals surface area contributed by atoms with E-state index in [1.165, 1.54) is 6.07 Å². The zero-order chi connectivity index (χ0) is 19.6. The Bertz CT molecular complexity index is 709. The van der Waals surface area contributed by atoms with E-state index in [1.54, 1.807) is 20.8 Å². The molecular formula is C17H20BrF3N2O3. The molecule has 1 aliphatic heterocycles. The van der Waals surface area contributed by atoms with E-state index >= 15 is 0 Å². The van der Waals surface area contributed by atoms with Gasteiger partial charge in [-0.2, -0.15) is 0 Å². The number of carbonyl (C=O) groups excluding carboxylic acids is 2. The lowest BCUT2D eigenvalue weighted by atomic mass is 10.1. The van der Waals surface area contributed by atoms with Gasteiger partial charge < -0.3 is 15.0 Å². The molecule has 2 amide bonds. The molecule has 0 radical (unpaired) electrons. The number of hydrogen-bond acceptors (Lipinski definition) is 3. The maximum atomic E-state index is 14.2. The molecule has 0 spiro atoms. The van der Waals surface area contributed by atoms with Crippen molar-refractivity contribution in [3.05, 3.63) is 33.5 Å². The second-order valence-corrected chi connectivity index (χ2v) is 7.94. The minimum Gasteiger partial charge on any atom is -0.444 e. The van der Waals surface area contributed by atoms with Crippen LogP contribution < -0.4 is 5.32 Å². The van der Waals surface area contributed by atoms with E-state index in [0.717, 1.165) is 11.0 Å². The summed E-state index contributed by atoms with van der Waals surface area (Å²) in [5.74, 6) is -1.68. The number of amides is 2.